The first kappa shape index (κ1) is 25.3. The molecule has 0 bridgehead atoms. The summed E-state index contributed by atoms with van der Waals surface area (Å²) in [7, 11) is 0. The van der Waals surface area contributed by atoms with E-state index >= 15 is 0 Å². The molecule has 0 spiro atoms. The molecule has 37 heavy (non-hydrogen) atoms. The van der Waals surface area contributed by atoms with Gasteiger partial charge in [0.25, 0.3) is 0 Å². The topological polar surface area (TPSA) is 133 Å². The molecule has 2 aromatic rings. The van der Waals surface area contributed by atoms with E-state index in [1.807, 2.05) is 13.2 Å². The number of hydrogen-bond donors (Lipinski definition) is 4. The summed E-state index contributed by atoms with van der Waals surface area (Å²) in [6.07, 6.45) is 8.99. The number of ether oxygens (including phenoxy) is 2. The lowest BCUT2D eigenvalue weighted by molar-refractivity contribution is 0.158. The van der Waals surface area contributed by atoms with Gasteiger partial charge in [0.1, 0.15) is 35.3 Å². The molecule has 2 saturated carbocycles. The number of rotatable bonds is 13. The van der Waals surface area contributed by atoms with Gasteiger partial charge < -0.3 is 30.3 Å². The second-order valence-corrected chi connectivity index (χ2v) is 9.82. The number of piperazine rings is 1. The average molecular weight is 508 g/mol. The number of nitrogens with one attached hydrogen (secondary N) is 4. The van der Waals surface area contributed by atoms with Crippen LogP contribution in [0.3, 0.4) is 0 Å². The van der Waals surface area contributed by atoms with Crippen LogP contribution in [0.1, 0.15) is 45.2 Å². The first-order valence-electron chi connectivity index (χ1n) is 13.3. The second-order valence-electron chi connectivity index (χ2n) is 9.82. The van der Waals surface area contributed by atoms with Crippen LogP contribution < -0.4 is 20.9 Å². The smallest absolute Gasteiger partial charge is 0.228 e. The largest absolute Gasteiger partial charge is 0.491 e. The molecule has 3 heterocycles. The molecule has 1 aliphatic heterocycles. The van der Waals surface area contributed by atoms with Crippen LogP contribution in [0.5, 0.6) is 0 Å². The van der Waals surface area contributed by atoms with Gasteiger partial charge in [0.15, 0.2) is 5.82 Å². The van der Waals surface area contributed by atoms with E-state index in [4.69, 9.17) is 19.4 Å². The predicted molar refractivity (Wildman–Crippen MR) is 144 cm³/mol. The summed E-state index contributed by atoms with van der Waals surface area (Å²) in [5, 5.41) is 19.6. The van der Waals surface area contributed by atoms with E-state index in [1.165, 1.54) is 11.9 Å². The summed E-state index contributed by atoms with van der Waals surface area (Å²) in [6, 6.07) is 2.11. The fraction of sp³-hybridized carbons (Fsp3) is 0.577. The Labute approximate surface area is 218 Å². The molecule has 11 heteroatoms. The maximum atomic E-state index is 9.31. The molecule has 2 atom stereocenters. The molecular formula is C26H37N9O2. The summed E-state index contributed by atoms with van der Waals surface area (Å²) < 4.78 is 11.8. The van der Waals surface area contributed by atoms with Gasteiger partial charge in [-0.2, -0.15) is 4.98 Å². The lowest BCUT2D eigenvalue weighted by Crippen LogP contribution is -2.50. The lowest BCUT2D eigenvalue weighted by atomic mass is 10.0. The minimum absolute atomic E-state index is 0.315. The number of anilines is 4. The lowest BCUT2D eigenvalue weighted by Gasteiger charge is -2.33. The Kier molecular flexibility index (Phi) is 8.10. The van der Waals surface area contributed by atoms with Crippen molar-refractivity contribution in [2.24, 2.45) is 5.92 Å². The van der Waals surface area contributed by atoms with E-state index in [2.05, 4.69) is 37.7 Å². The molecule has 3 aliphatic rings. The third-order valence-corrected chi connectivity index (χ3v) is 6.64. The Balaban J connectivity index is 1.54. The van der Waals surface area contributed by atoms with Crippen molar-refractivity contribution in [1.29, 1.82) is 5.41 Å². The third-order valence-electron chi connectivity index (χ3n) is 6.64. The van der Waals surface area contributed by atoms with Crippen molar-refractivity contribution < 1.29 is 9.47 Å². The van der Waals surface area contributed by atoms with Crippen molar-refractivity contribution in [1.82, 2.24) is 25.3 Å². The average Bonchev–Trinajstić information content (AvgIpc) is 3.83. The highest BCUT2D eigenvalue weighted by Crippen LogP contribution is 2.39. The minimum Gasteiger partial charge on any atom is -0.491 e. The monoisotopic (exact) mass is 507 g/mol. The Morgan fingerprint density at radius 3 is 2.89 bits per heavy atom. The molecule has 0 radical (unpaired) electrons. The maximum absolute atomic E-state index is 9.31. The van der Waals surface area contributed by atoms with Gasteiger partial charge >= 0.3 is 0 Å². The number of allylic oxidation sites excluding steroid dienone is 1. The van der Waals surface area contributed by atoms with Crippen LogP contribution in [-0.4, -0.2) is 77.2 Å². The van der Waals surface area contributed by atoms with E-state index < -0.39 is 0 Å². The zero-order valence-electron chi connectivity index (χ0n) is 21.7. The van der Waals surface area contributed by atoms with E-state index in [-0.39, 0.29) is 6.10 Å². The highest BCUT2D eigenvalue weighted by atomic mass is 16.5. The Morgan fingerprint density at radius 1 is 1.32 bits per heavy atom. The van der Waals surface area contributed by atoms with Gasteiger partial charge in [-0.3, -0.25) is 5.41 Å². The molecule has 2 aliphatic carbocycles. The first-order valence-corrected chi connectivity index (χ1v) is 13.3. The van der Waals surface area contributed by atoms with Crippen molar-refractivity contribution in [3.63, 3.8) is 0 Å². The summed E-state index contributed by atoms with van der Waals surface area (Å²) in [5.41, 5.74) is 2.88. The van der Waals surface area contributed by atoms with Crippen LogP contribution in [0.2, 0.25) is 0 Å². The van der Waals surface area contributed by atoms with E-state index in [0.717, 1.165) is 45.3 Å². The van der Waals surface area contributed by atoms with Crippen LogP contribution in [-0.2, 0) is 9.47 Å². The molecule has 0 aromatic carbocycles. The molecule has 5 rings (SSSR count). The fourth-order valence-electron chi connectivity index (χ4n) is 4.34. The molecular weight excluding hydrogens is 470 g/mol. The summed E-state index contributed by atoms with van der Waals surface area (Å²) >= 11 is 0. The van der Waals surface area contributed by atoms with Crippen LogP contribution in [0, 0.1) is 11.3 Å². The summed E-state index contributed by atoms with van der Waals surface area (Å²) in [4.78, 5) is 20.5. The standard InChI is InChI=1S/C26H37N9O2/c1-3-36-13-11-30-23-22(21(27)24(19-6-7-19)37-15-18-4-5-18)33-26(35-12-10-29-17(2)14-35)34-25(23)32-20-8-9-28-16-31-20/h8-9,15-17,19,24,27,29-30H,3-7,10-14H2,1-2H3,(H,28,31,32,33,34)/t17-,24?/m1/s1. The Hall–Kier alpha value is -3.31. The van der Waals surface area contributed by atoms with Crippen LogP contribution >= 0.6 is 0 Å². The van der Waals surface area contributed by atoms with E-state index in [1.54, 1.807) is 12.3 Å². The quantitative estimate of drug-likeness (QED) is 0.182. The summed E-state index contributed by atoms with van der Waals surface area (Å²) in [5.74, 6) is 2.11. The predicted octanol–water partition coefficient (Wildman–Crippen LogP) is 3.10. The van der Waals surface area contributed by atoms with Crippen LogP contribution in [0.25, 0.3) is 0 Å². The van der Waals surface area contributed by atoms with Gasteiger partial charge in [0.2, 0.25) is 5.95 Å². The van der Waals surface area contributed by atoms with E-state index in [9.17, 15) is 5.41 Å². The molecule has 3 fully saturated rings. The van der Waals surface area contributed by atoms with Crippen LogP contribution in [0.4, 0.5) is 23.3 Å². The zero-order valence-corrected chi connectivity index (χ0v) is 21.7. The van der Waals surface area contributed by atoms with Gasteiger partial charge in [-0.1, -0.05) is 0 Å². The fourth-order valence-corrected chi connectivity index (χ4v) is 4.34. The van der Waals surface area contributed by atoms with Gasteiger partial charge in [0.05, 0.1) is 12.9 Å². The normalized spacial score (nSPS) is 19.8. The Morgan fingerprint density at radius 2 is 2.19 bits per heavy atom. The SMILES string of the molecule is CCOCCNc1c(Nc2ccncn2)nc(N2CCN[C@H](C)C2)nc1C(=N)C(OC=C1CC1)C1CC1. The van der Waals surface area contributed by atoms with Gasteiger partial charge in [0, 0.05) is 50.9 Å². The maximum Gasteiger partial charge on any atom is 0.228 e. The van der Waals surface area contributed by atoms with Crippen molar-refractivity contribution in [2.45, 2.75) is 51.7 Å². The highest BCUT2D eigenvalue weighted by Gasteiger charge is 2.38. The van der Waals surface area contributed by atoms with Gasteiger partial charge in [-0.05, 0) is 51.2 Å². The number of aromatic nitrogens is 4. The van der Waals surface area contributed by atoms with Crippen molar-refractivity contribution >= 4 is 29.0 Å². The summed E-state index contributed by atoms with van der Waals surface area (Å²) in [6.45, 7) is 8.27. The van der Waals surface area contributed by atoms with Crippen molar-refractivity contribution in [3.05, 3.63) is 36.1 Å². The molecule has 4 N–H and O–H groups in total. The van der Waals surface area contributed by atoms with E-state index in [0.29, 0.717) is 66.4 Å². The molecule has 198 valence electrons. The third kappa shape index (κ3) is 6.72. The molecule has 1 unspecified atom stereocenters. The molecule has 0 amide bonds. The second kappa shape index (κ2) is 11.8. The molecule has 2 aromatic heterocycles. The Bertz CT molecular complexity index is 1100. The van der Waals surface area contributed by atoms with Crippen molar-refractivity contribution in [3.8, 4) is 0 Å². The van der Waals surface area contributed by atoms with Gasteiger partial charge in [-0.25, -0.2) is 15.0 Å². The zero-order chi connectivity index (χ0) is 25.6. The van der Waals surface area contributed by atoms with Gasteiger partial charge in [-0.15, -0.1) is 0 Å². The number of nitrogens with zero attached hydrogens (tertiary/aromatic N) is 5. The minimum atomic E-state index is -0.336. The molecule has 1 saturated heterocycles. The number of hydrogen-bond acceptors (Lipinski definition) is 11. The highest BCUT2D eigenvalue weighted by molar-refractivity contribution is 6.06. The first-order chi connectivity index (χ1) is 18.1. The van der Waals surface area contributed by atoms with Crippen LogP contribution in [0.15, 0.2) is 30.4 Å². The van der Waals surface area contributed by atoms with Crippen molar-refractivity contribution in [2.75, 3.05) is 54.9 Å². The molecule has 11 nitrogen and oxygen atoms in total.